The standard InChI is InChI=1S/C14H12BrNO2/c15-12-4-1-10(2-5-12)9-18-14-6-3-11(8-17)7-13(14)16/h1-8H,9,16H2. The number of hydrogen-bond acceptors (Lipinski definition) is 3. The SMILES string of the molecule is Nc1cc(C=O)ccc1OCc1ccc(Br)cc1. The van der Waals surface area contributed by atoms with Crippen LogP contribution in [0.25, 0.3) is 0 Å². The molecular formula is C14H12BrNO2. The number of rotatable bonds is 4. The quantitative estimate of drug-likeness (QED) is 0.695. The molecule has 0 aliphatic carbocycles. The molecule has 3 nitrogen and oxygen atoms in total. The first kappa shape index (κ1) is 12.6. The molecule has 0 atom stereocenters. The van der Waals surface area contributed by atoms with Gasteiger partial charge in [-0.25, -0.2) is 0 Å². The van der Waals surface area contributed by atoms with Crippen LogP contribution in [0.3, 0.4) is 0 Å². The second-order valence-corrected chi connectivity index (χ2v) is 4.75. The van der Waals surface area contributed by atoms with E-state index >= 15 is 0 Å². The van der Waals surface area contributed by atoms with Crippen molar-refractivity contribution in [2.75, 3.05) is 5.73 Å². The summed E-state index contributed by atoms with van der Waals surface area (Å²) in [6.07, 6.45) is 0.759. The highest BCUT2D eigenvalue weighted by atomic mass is 79.9. The van der Waals surface area contributed by atoms with Crippen LogP contribution in [-0.2, 0) is 6.61 Å². The molecule has 0 aliphatic rings. The van der Waals surface area contributed by atoms with Gasteiger partial charge in [0.2, 0.25) is 0 Å². The third-order valence-corrected chi connectivity index (χ3v) is 3.01. The van der Waals surface area contributed by atoms with E-state index in [0.29, 0.717) is 23.6 Å². The Morgan fingerprint density at radius 3 is 2.50 bits per heavy atom. The third-order valence-electron chi connectivity index (χ3n) is 2.48. The van der Waals surface area contributed by atoms with Crippen molar-refractivity contribution in [1.82, 2.24) is 0 Å². The van der Waals surface area contributed by atoms with Crippen molar-refractivity contribution in [1.29, 1.82) is 0 Å². The lowest BCUT2D eigenvalue weighted by atomic mass is 10.2. The topological polar surface area (TPSA) is 52.3 Å². The first-order valence-electron chi connectivity index (χ1n) is 5.41. The Morgan fingerprint density at radius 2 is 1.89 bits per heavy atom. The lowest BCUT2D eigenvalue weighted by molar-refractivity contribution is 0.112. The van der Waals surface area contributed by atoms with Crippen molar-refractivity contribution < 1.29 is 9.53 Å². The number of benzene rings is 2. The minimum atomic E-state index is 0.442. The van der Waals surface area contributed by atoms with Crippen LogP contribution in [0.4, 0.5) is 5.69 Å². The highest BCUT2D eigenvalue weighted by Gasteiger charge is 2.02. The van der Waals surface area contributed by atoms with E-state index in [-0.39, 0.29) is 0 Å². The van der Waals surface area contributed by atoms with Crippen LogP contribution in [0.5, 0.6) is 5.75 Å². The van der Waals surface area contributed by atoms with Gasteiger partial charge in [0.15, 0.2) is 0 Å². The van der Waals surface area contributed by atoms with E-state index in [1.807, 2.05) is 24.3 Å². The Labute approximate surface area is 114 Å². The lowest BCUT2D eigenvalue weighted by Crippen LogP contribution is -1.99. The van der Waals surface area contributed by atoms with Gasteiger partial charge < -0.3 is 10.5 Å². The number of aldehydes is 1. The Bertz CT molecular complexity index is 552. The highest BCUT2D eigenvalue weighted by Crippen LogP contribution is 2.23. The summed E-state index contributed by atoms with van der Waals surface area (Å²) < 4.78 is 6.63. The number of nitrogens with two attached hydrogens (primary N) is 1. The van der Waals surface area contributed by atoms with Gasteiger partial charge in [-0.1, -0.05) is 28.1 Å². The van der Waals surface area contributed by atoms with Crippen LogP contribution in [0, 0.1) is 0 Å². The van der Waals surface area contributed by atoms with Crippen molar-refractivity contribution in [2.24, 2.45) is 0 Å². The molecule has 0 fully saturated rings. The summed E-state index contributed by atoms with van der Waals surface area (Å²) in [6, 6.07) is 12.8. The first-order valence-corrected chi connectivity index (χ1v) is 6.20. The van der Waals surface area contributed by atoms with Crippen molar-refractivity contribution in [3.05, 3.63) is 58.1 Å². The van der Waals surface area contributed by atoms with E-state index in [0.717, 1.165) is 16.3 Å². The summed E-state index contributed by atoms with van der Waals surface area (Å²) in [7, 11) is 0. The average Bonchev–Trinajstić information content (AvgIpc) is 2.39. The van der Waals surface area contributed by atoms with E-state index in [2.05, 4.69) is 15.9 Å². The van der Waals surface area contributed by atoms with Gasteiger partial charge in [-0.3, -0.25) is 4.79 Å². The molecule has 2 aromatic carbocycles. The molecule has 2 N–H and O–H groups in total. The number of anilines is 1. The Kier molecular flexibility index (Phi) is 3.99. The Balaban J connectivity index is 2.06. The van der Waals surface area contributed by atoms with Crippen LogP contribution in [0.15, 0.2) is 46.9 Å². The van der Waals surface area contributed by atoms with Gasteiger partial charge in [-0.15, -0.1) is 0 Å². The van der Waals surface area contributed by atoms with Crippen LogP contribution >= 0.6 is 15.9 Å². The monoisotopic (exact) mass is 305 g/mol. The lowest BCUT2D eigenvalue weighted by Gasteiger charge is -2.09. The minimum Gasteiger partial charge on any atom is -0.487 e. The van der Waals surface area contributed by atoms with Gasteiger partial charge >= 0.3 is 0 Å². The van der Waals surface area contributed by atoms with E-state index in [9.17, 15) is 4.79 Å². The van der Waals surface area contributed by atoms with Crippen LogP contribution in [-0.4, -0.2) is 6.29 Å². The number of nitrogen functional groups attached to an aromatic ring is 1. The molecule has 0 bridgehead atoms. The molecule has 92 valence electrons. The zero-order chi connectivity index (χ0) is 13.0. The summed E-state index contributed by atoms with van der Waals surface area (Å²) in [5.74, 6) is 0.587. The summed E-state index contributed by atoms with van der Waals surface area (Å²) in [6.45, 7) is 0.442. The van der Waals surface area contributed by atoms with Gasteiger partial charge in [0, 0.05) is 10.0 Å². The average molecular weight is 306 g/mol. The summed E-state index contributed by atoms with van der Waals surface area (Å²) in [5.41, 5.74) is 7.86. The third kappa shape index (κ3) is 3.11. The largest absolute Gasteiger partial charge is 0.487 e. The molecular weight excluding hydrogens is 294 g/mol. The number of ether oxygens (including phenoxy) is 1. The number of hydrogen-bond donors (Lipinski definition) is 1. The molecule has 0 saturated carbocycles. The van der Waals surface area contributed by atoms with Crippen molar-refractivity contribution in [3.8, 4) is 5.75 Å². The smallest absolute Gasteiger partial charge is 0.150 e. The van der Waals surface area contributed by atoms with Crippen LogP contribution < -0.4 is 10.5 Å². The molecule has 0 amide bonds. The zero-order valence-electron chi connectivity index (χ0n) is 9.60. The predicted octanol–water partition coefficient (Wildman–Crippen LogP) is 3.42. The molecule has 2 aromatic rings. The number of carbonyl (C=O) groups excluding carboxylic acids is 1. The molecule has 0 saturated heterocycles. The first-order chi connectivity index (χ1) is 8.69. The normalized spacial score (nSPS) is 10.1. The fourth-order valence-corrected chi connectivity index (χ4v) is 1.78. The van der Waals surface area contributed by atoms with Gasteiger partial charge in [0.1, 0.15) is 18.6 Å². The maximum atomic E-state index is 10.6. The van der Waals surface area contributed by atoms with Crippen LogP contribution in [0.2, 0.25) is 0 Å². The van der Waals surface area contributed by atoms with Gasteiger partial charge in [-0.05, 0) is 35.9 Å². The van der Waals surface area contributed by atoms with Crippen molar-refractivity contribution in [3.63, 3.8) is 0 Å². The van der Waals surface area contributed by atoms with E-state index in [4.69, 9.17) is 10.5 Å². The molecule has 0 aromatic heterocycles. The van der Waals surface area contributed by atoms with E-state index in [1.165, 1.54) is 0 Å². The summed E-state index contributed by atoms with van der Waals surface area (Å²) in [4.78, 5) is 10.6. The van der Waals surface area contributed by atoms with Crippen molar-refractivity contribution >= 4 is 27.9 Å². The predicted molar refractivity (Wildman–Crippen MR) is 74.7 cm³/mol. The van der Waals surface area contributed by atoms with Gasteiger partial charge in [0.05, 0.1) is 5.69 Å². The molecule has 4 heteroatoms. The summed E-state index contributed by atoms with van der Waals surface area (Å²) >= 11 is 3.38. The molecule has 18 heavy (non-hydrogen) atoms. The molecule has 2 rings (SSSR count). The molecule has 0 unspecified atom stereocenters. The highest BCUT2D eigenvalue weighted by molar-refractivity contribution is 9.10. The molecule has 0 aliphatic heterocycles. The maximum Gasteiger partial charge on any atom is 0.150 e. The van der Waals surface area contributed by atoms with Gasteiger partial charge in [0.25, 0.3) is 0 Å². The second kappa shape index (κ2) is 5.69. The fraction of sp³-hybridized carbons (Fsp3) is 0.0714. The zero-order valence-corrected chi connectivity index (χ0v) is 11.2. The fourth-order valence-electron chi connectivity index (χ4n) is 1.51. The molecule has 0 heterocycles. The number of carbonyl (C=O) groups is 1. The van der Waals surface area contributed by atoms with Crippen molar-refractivity contribution in [2.45, 2.75) is 6.61 Å². The molecule has 0 radical (unpaired) electrons. The summed E-state index contributed by atoms with van der Waals surface area (Å²) in [5, 5.41) is 0. The maximum absolute atomic E-state index is 10.6. The molecule has 0 spiro atoms. The van der Waals surface area contributed by atoms with Gasteiger partial charge in [-0.2, -0.15) is 0 Å². The minimum absolute atomic E-state index is 0.442. The second-order valence-electron chi connectivity index (χ2n) is 3.83. The Hall–Kier alpha value is -1.81. The van der Waals surface area contributed by atoms with E-state index in [1.54, 1.807) is 18.2 Å². The van der Waals surface area contributed by atoms with E-state index < -0.39 is 0 Å². The van der Waals surface area contributed by atoms with Crippen LogP contribution in [0.1, 0.15) is 15.9 Å². The number of halogens is 1. The Morgan fingerprint density at radius 1 is 1.17 bits per heavy atom.